The van der Waals surface area contributed by atoms with Gasteiger partial charge in [0.05, 0.1) is 6.20 Å². The SMILES string of the molecule is N#Cc1cnc2[nH]ccc2n1. The van der Waals surface area contributed by atoms with Crippen LogP contribution >= 0.6 is 0 Å². The number of aromatic amines is 1. The number of H-pyrrole nitrogens is 1. The molecular weight excluding hydrogens is 140 g/mol. The highest BCUT2D eigenvalue weighted by Crippen LogP contribution is 2.04. The molecule has 2 aromatic heterocycles. The lowest BCUT2D eigenvalue weighted by atomic mass is 10.4. The summed E-state index contributed by atoms with van der Waals surface area (Å²) in [6.07, 6.45) is 3.19. The Morgan fingerprint density at radius 1 is 1.55 bits per heavy atom. The molecule has 0 fully saturated rings. The summed E-state index contributed by atoms with van der Waals surface area (Å²) in [5.74, 6) is 0. The molecule has 0 atom stereocenters. The van der Waals surface area contributed by atoms with E-state index in [2.05, 4.69) is 15.0 Å². The van der Waals surface area contributed by atoms with Gasteiger partial charge in [-0.05, 0) is 6.07 Å². The van der Waals surface area contributed by atoms with Crippen molar-refractivity contribution in [3.8, 4) is 6.07 Å². The second kappa shape index (κ2) is 2.06. The van der Waals surface area contributed by atoms with Crippen LogP contribution in [-0.2, 0) is 0 Å². The molecule has 52 valence electrons. The highest BCUT2D eigenvalue weighted by atomic mass is 14.9. The van der Waals surface area contributed by atoms with Gasteiger partial charge in [-0.3, -0.25) is 0 Å². The number of rotatable bonds is 0. The minimum absolute atomic E-state index is 0.345. The van der Waals surface area contributed by atoms with Crippen molar-refractivity contribution in [3.05, 3.63) is 24.2 Å². The molecule has 0 spiro atoms. The first-order valence-corrected chi connectivity index (χ1v) is 3.10. The van der Waals surface area contributed by atoms with Gasteiger partial charge in [0.1, 0.15) is 11.6 Å². The first-order chi connectivity index (χ1) is 5.40. The van der Waals surface area contributed by atoms with Gasteiger partial charge in [0.25, 0.3) is 0 Å². The summed E-state index contributed by atoms with van der Waals surface area (Å²) < 4.78 is 0. The molecule has 0 amide bonds. The molecule has 0 aliphatic rings. The third-order valence-electron chi connectivity index (χ3n) is 1.38. The summed E-state index contributed by atoms with van der Waals surface area (Å²) in [5.41, 5.74) is 1.78. The second-order valence-electron chi connectivity index (χ2n) is 2.08. The van der Waals surface area contributed by atoms with Crippen molar-refractivity contribution in [1.29, 1.82) is 5.26 Å². The zero-order chi connectivity index (χ0) is 7.68. The molecule has 11 heavy (non-hydrogen) atoms. The molecule has 0 aliphatic carbocycles. The van der Waals surface area contributed by atoms with Crippen molar-refractivity contribution in [1.82, 2.24) is 15.0 Å². The Morgan fingerprint density at radius 3 is 3.27 bits per heavy atom. The van der Waals surface area contributed by atoms with Gasteiger partial charge in [0, 0.05) is 6.20 Å². The Hall–Kier alpha value is -1.89. The van der Waals surface area contributed by atoms with E-state index in [4.69, 9.17) is 5.26 Å². The summed E-state index contributed by atoms with van der Waals surface area (Å²) in [7, 11) is 0. The van der Waals surface area contributed by atoms with E-state index < -0.39 is 0 Å². The summed E-state index contributed by atoms with van der Waals surface area (Å²) in [4.78, 5) is 10.9. The van der Waals surface area contributed by atoms with Crippen molar-refractivity contribution >= 4 is 11.2 Å². The van der Waals surface area contributed by atoms with Gasteiger partial charge in [0.2, 0.25) is 0 Å². The highest BCUT2D eigenvalue weighted by molar-refractivity contribution is 5.70. The molecule has 2 heterocycles. The van der Waals surface area contributed by atoms with E-state index in [1.54, 1.807) is 12.3 Å². The van der Waals surface area contributed by atoms with Gasteiger partial charge in [-0.2, -0.15) is 5.26 Å². The van der Waals surface area contributed by atoms with Crippen molar-refractivity contribution in [3.63, 3.8) is 0 Å². The standard InChI is InChI=1S/C7H4N4/c8-3-5-4-10-7-6(11-5)1-2-9-7/h1-2,4H,(H,9,10). The lowest BCUT2D eigenvalue weighted by Gasteiger charge is -1.86. The average Bonchev–Trinajstić information content (AvgIpc) is 2.50. The van der Waals surface area contributed by atoms with E-state index in [1.807, 2.05) is 6.07 Å². The number of fused-ring (bicyclic) bond motifs is 1. The van der Waals surface area contributed by atoms with Gasteiger partial charge in [-0.15, -0.1) is 0 Å². The molecule has 2 aromatic rings. The van der Waals surface area contributed by atoms with E-state index >= 15 is 0 Å². The van der Waals surface area contributed by atoms with Crippen LogP contribution in [0.1, 0.15) is 5.69 Å². The first kappa shape index (κ1) is 5.86. The smallest absolute Gasteiger partial charge is 0.159 e. The largest absolute Gasteiger partial charge is 0.345 e. The van der Waals surface area contributed by atoms with E-state index in [0.717, 1.165) is 5.52 Å². The molecule has 1 N–H and O–H groups in total. The maximum Gasteiger partial charge on any atom is 0.159 e. The predicted octanol–water partition coefficient (Wildman–Crippen LogP) is 0.830. The van der Waals surface area contributed by atoms with Crippen LogP contribution in [-0.4, -0.2) is 15.0 Å². The molecule has 0 saturated carbocycles. The number of aromatic nitrogens is 3. The fourth-order valence-electron chi connectivity index (χ4n) is 0.884. The minimum atomic E-state index is 0.345. The lowest BCUT2D eigenvalue weighted by Crippen LogP contribution is -1.84. The minimum Gasteiger partial charge on any atom is -0.345 e. The van der Waals surface area contributed by atoms with E-state index in [-0.39, 0.29) is 0 Å². The number of nitrogens with zero attached hydrogens (tertiary/aromatic N) is 3. The summed E-state index contributed by atoms with van der Waals surface area (Å²) in [5, 5.41) is 8.47. The van der Waals surface area contributed by atoms with Crippen LogP contribution in [0.25, 0.3) is 11.2 Å². The molecule has 0 saturated heterocycles. The number of nitrogens with one attached hydrogen (secondary N) is 1. The Labute approximate surface area is 62.5 Å². The van der Waals surface area contributed by atoms with Gasteiger partial charge < -0.3 is 4.98 Å². The highest BCUT2D eigenvalue weighted by Gasteiger charge is 1.97. The Morgan fingerprint density at radius 2 is 2.45 bits per heavy atom. The maximum absolute atomic E-state index is 8.47. The van der Waals surface area contributed by atoms with Crippen LogP contribution in [0.5, 0.6) is 0 Å². The van der Waals surface area contributed by atoms with Crippen molar-refractivity contribution < 1.29 is 0 Å². The molecule has 0 bridgehead atoms. The summed E-state index contributed by atoms with van der Waals surface area (Å²) in [6.45, 7) is 0. The van der Waals surface area contributed by atoms with E-state index in [0.29, 0.717) is 11.3 Å². The predicted molar refractivity (Wildman–Crippen MR) is 38.6 cm³/mol. The average molecular weight is 144 g/mol. The van der Waals surface area contributed by atoms with Crippen molar-refractivity contribution in [2.75, 3.05) is 0 Å². The molecule has 0 aliphatic heterocycles. The number of hydrogen-bond acceptors (Lipinski definition) is 3. The second-order valence-corrected chi connectivity index (χ2v) is 2.08. The summed E-state index contributed by atoms with van der Waals surface area (Å²) in [6, 6.07) is 3.70. The zero-order valence-electron chi connectivity index (χ0n) is 5.57. The normalized spacial score (nSPS) is 9.73. The molecule has 0 unspecified atom stereocenters. The Kier molecular flexibility index (Phi) is 1.10. The fourth-order valence-corrected chi connectivity index (χ4v) is 0.884. The lowest BCUT2D eigenvalue weighted by molar-refractivity contribution is 1.22. The van der Waals surface area contributed by atoms with Gasteiger partial charge in [-0.1, -0.05) is 0 Å². The monoisotopic (exact) mass is 144 g/mol. The van der Waals surface area contributed by atoms with Crippen LogP contribution in [0, 0.1) is 11.3 Å². The topological polar surface area (TPSA) is 65.4 Å². The number of nitriles is 1. The van der Waals surface area contributed by atoms with Gasteiger partial charge >= 0.3 is 0 Å². The molecule has 4 heteroatoms. The van der Waals surface area contributed by atoms with Crippen LogP contribution in [0.2, 0.25) is 0 Å². The Balaban J connectivity index is 2.79. The third kappa shape index (κ3) is 0.829. The van der Waals surface area contributed by atoms with Crippen LogP contribution < -0.4 is 0 Å². The fraction of sp³-hybridized carbons (Fsp3) is 0. The number of hydrogen-bond donors (Lipinski definition) is 1. The van der Waals surface area contributed by atoms with Crippen LogP contribution in [0.4, 0.5) is 0 Å². The Bertz CT molecular complexity index is 423. The zero-order valence-corrected chi connectivity index (χ0v) is 5.57. The van der Waals surface area contributed by atoms with E-state index in [9.17, 15) is 0 Å². The molecule has 2 rings (SSSR count). The summed E-state index contributed by atoms with van der Waals surface area (Å²) >= 11 is 0. The van der Waals surface area contributed by atoms with E-state index in [1.165, 1.54) is 6.20 Å². The quantitative estimate of drug-likeness (QED) is 0.595. The van der Waals surface area contributed by atoms with Crippen LogP contribution in [0.15, 0.2) is 18.5 Å². The maximum atomic E-state index is 8.47. The third-order valence-corrected chi connectivity index (χ3v) is 1.38. The van der Waals surface area contributed by atoms with Gasteiger partial charge in [-0.25, -0.2) is 9.97 Å². The molecule has 4 nitrogen and oxygen atoms in total. The molecule has 0 aromatic carbocycles. The van der Waals surface area contributed by atoms with Crippen LogP contribution in [0.3, 0.4) is 0 Å². The first-order valence-electron chi connectivity index (χ1n) is 3.10. The van der Waals surface area contributed by atoms with Gasteiger partial charge in [0.15, 0.2) is 11.3 Å². The van der Waals surface area contributed by atoms with Crippen molar-refractivity contribution in [2.24, 2.45) is 0 Å². The molecular formula is C7H4N4. The molecule has 0 radical (unpaired) electrons. The van der Waals surface area contributed by atoms with Crippen molar-refractivity contribution in [2.45, 2.75) is 0 Å².